The van der Waals surface area contributed by atoms with Crippen molar-refractivity contribution in [2.45, 2.75) is 45.1 Å². The Bertz CT molecular complexity index is 286. The van der Waals surface area contributed by atoms with E-state index in [2.05, 4.69) is 16.9 Å². The summed E-state index contributed by atoms with van der Waals surface area (Å²) in [5.74, 6) is 1.66. The van der Waals surface area contributed by atoms with Gasteiger partial charge in [-0.3, -0.25) is 0 Å². The molecular weight excluding hydrogens is 162 g/mol. The highest BCUT2D eigenvalue weighted by Crippen LogP contribution is 2.36. The molecule has 3 heteroatoms. The maximum Gasteiger partial charge on any atom is 0.120 e. The summed E-state index contributed by atoms with van der Waals surface area (Å²) in [6, 6.07) is 0. The van der Waals surface area contributed by atoms with Gasteiger partial charge >= 0.3 is 0 Å². The van der Waals surface area contributed by atoms with Crippen molar-refractivity contribution in [1.29, 1.82) is 0 Å². The van der Waals surface area contributed by atoms with Gasteiger partial charge in [0.25, 0.3) is 0 Å². The van der Waals surface area contributed by atoms with Crippen LogP contribution in [0.4, 0.5) is 0 Å². The molecule has 1 aromatic heterocycles. The topological polar surface area (TPSA) is 54.7 Å². The van der Waals surface area contributed by atoms with Gasteiger partial charge in [0, 0.05) is 11.6 Å². The molecular formula is C10H17N3. The molecule has 1 heterocycles. The molecule has 0 saturated heterocycles. The molecule has 2 rings (SSSR count). The molecule has 0 aromatic carbocycles. The summed E-state index contributed by atoms with van der Waals surface area (Å²) in [6.07, 6.45) is 5.02. The highest BCUT2D eigenvalue weighted by molar-refractivity contribution is 5.21. The van der Waals surface area contributed by atoms with E-state index in [9.17, 15) is 0 Å². The van der Waals surface area contributed by atoms with Crippen molar-refractivity contribution >= 4 is 0 Å². The second-order valence-electron chi connectivity index (χ2n) is 3.73. The molecule has 0 amide bonds. The van der Waals surface area contributed by atoms with E-state index >= 15 is 0 Å². The third kappa shape index (κ3) is 1.48. The molecule has 1 fully saturated rings. The Morgan fingerprint density at radius 1 is 1.54 bits per heavy atom. The van der Waals surface area contributed by atoms with Crippen molar-refractivity contribution in [3.63, 3.8) is 0 Å². The molecule has 3 N–H and O–H groups in total. The monoisotopic (exact) mass is 179 g/mol. The number of nitrogens with zero attached hydrogens (tertiary/aromatic N) is 1. The molecule has 1 aliphatic carbocycles. The van der Waals surface area contributed by atoms with Gasteiger partial charge in [-0.1, -0.05) is 13.3 Å². The van der Waals surface area contributed by atoms with E-state index < -0.39 is 0 Å². The van der Waals surface area contributed by atoms with E-state index in [4.69, 9.17) is 5.73 Å². The zero-order chi connectivity index (χ0) is 9.26. The summed E-state index contributed by atoms with van der Waals surface area (Å²) in [6.45, 7) is 2.69. The van der Waals surface area contributed by atoms with Crippen LogP contribution in [0.1, 0.15) is 49.3 Å². The van der Waals surface area contributed by atoms with E-state index in [1.807, 2.05) is 0 Å². The molecule has 13 heavy (non-hydrogen) atoms. The van der Waals surface area contributed by atoms with E-state index in [0.29, 0.717) is 12.5 Å². The van der Waals surface area contributed by atoms with Crippen LogP contribution in [0.2, 0.25) is 0 Å². The van der Waals surface area contributed by atoms with Gasteiger partial charge in [0.2, 0.25) is 0 Å². The zero-order valence-electron chi connectivity index (χ0n) is 8.14. The number of aryl methyl sites for hydroxylation is 1. The fraction of sp³-hybridized carbons (Fsp3) is 0.700. The lowest BCUT2D eigenvalue weighted by atomic mass is 9.82. The average molecular weight is 179 g/mol. The van der Waals surface area contributed by atoms with E-state index in [0.717, 1.165) is 12.2 Å². The van der Waals surface area contributed by atoms with Crippen molar-refractivity contribution in [2.75, 3.05) is 0 Å². The molecule has 72 valence electrons. The Morgan fingerprint density at radius 3 is 2.77 bits per heavy atom. The van der Waals surface area contributed by atoms with Crippen molar-refractivity contribution < 1.29 is 0 Å². The van der Waals surface area contributed by atoms with Crippen LogP contribution in [0.25, 0.3) is 0 Å². The number of aromatic nitrogens is 2. The van der Waals surface area contributed by atoms with Crippen LogP contribution in [0, 0.1) is 0 Å². The van der Waals surface area contributed by atoms with Crippen molar-refractivity contribution in [3.05, 3.63) is 17.2 Å². The number of H-pyrrole nitrogens is 1. The van der Waals surface area contributed by atoms with Crippen molar-refractivity contribution in [2.24, 2.45) is 5.73 Å². The quantitative estimate of drug-likeness (QED) is 0.742. The third-order valence-corrected chi connectivity index (χ3v) is 2.90. The largest absolute Gasteiger partial charge is 0.345 e. The van der Waals surface area contributed by atoms with Crippen LogP contribution in [0.5, 0.6) is 0 Å². The smallest absolute Gasteiger partial charge is 0.120 e. The first-order valence-corrected chi connectivity index (χ1v) is 5.12. The molecule has 0 radical (unpaired) electrons. The van der Waals surface area contributed by atoms with Gasteiger partial charge in [-0.15, -0.1) is 0 Å². The number of rotatable bonds is 3. The summed E-state index contributed by atoms with van der Waals surface area (Å²) < 4.78 is 0. The van der Waals surface area contributed by atoms with E-state index in [-0.39, 0.29) is 0 Å². The van der Waals surface area contributed by atoms with Gasteiger partial charge < -0.3 is 10.7 Å². The lowest BCUT2D eigenvalue weighted by molar-refractivity contribution is 0.409. The Labute approximate surface area is 78.7 Å². The molecule has 0 unspecified atom stereocenters. The van der Waals surface area contributed by atoms with Gasteiger partial charge in [0.1, 0.15) is 5.82 Å². The predicted molar refractivity (Wildman–Crippen MR) is 52.4 cm³/mol. The van der Waals surface area contributed by atoms with Gasteiger partial charge in [-0.2, -0.15) is 0 Å². The molecule has 3 nitrogen and oxygen atoms in total. The van der Waals surface area contributed by atoms with Gasteiger partial charge in [0.05, 0.1) is 12.2 Å². The highest BCUT2D eigenvalue weighted by atomic mass is 15.0. The SMILES string of the molecule is CCc1[nH]c(CN)nc1C1CCC1. The van der Waals surface area contributed by atoms with E-state index in [1.165, 1.54) is 30.7 Å². The Kier molecular flexibility index (Phi) is 2.36. The molecule has 0 bridgehead atoms. The Hall–Kier alpha value is -0.830. The number of imidazole rings is 1. The minimum absolute atomic E-state index is 0.528. The van der Waals surface area contributed by atoms with Crippen LogP contribution < -0.4 is 5.73 Å². The predicted octanol–water partition coefficient (Wildman–Crippen LogP) is 1.70. The van der Waals surface area contributed by atoms with Crippen LogP contribution in [0.15, 0.2) is 0 Å². The number of hydrogen-bond donors (Lipinski definition) is 2. The Morgan fingerprint density at radius 2 is 2.31 bits per heavy atom. The maximum atomic E-state index is 5.55. The van der Waals surface area contributed by atoms with Crippen LogP contribution in [-0.4, -0.2) is 9.97 Å². The molecule has 0 spiro atoms. The average Bonchev–Trinajstić information content (AvgIpc) is 2.45. The fourth-order valence-corrected chi connectivity index (χ4v) is 1.86. The van der Waals surface area contributed by atoms with Crippen LogP contribution in [0.3, 0.4) is 0 Å². The second kappa shape index (κ2) is 3.50. The van der Waals surface area contributed by atoms with Crippen LogP contribution in [-0.2, 0) is 13.0 Å². The third-order valence-electron chi connectivity index (χ3n) is 2.90. The minimum Gasteiger partial charge on any atom is -0.345 e. The molecule has 1 aliphatic rings. The van der Waals surface area contributed by atoms with Crippen molar-refractivity contribution in [3.8, 4) is 0 Å². The standard InChI is InChI=1S/C10H17N3/c1-2-8-10(7-4-3-5-7)13-9(6-11)12-8/h7H,2-6,11H2,1H3,(H,12,13). The summed E-state index contributed by atoms with van der Waals surface area (Å²) in [7, 11) is 0. The van der Waals surface area contributed by atoms with Gasteiger partial charge in [0.15, 0.2) is 0 Å². The molecule has 1 aromatic rings. The lowest BCUT2D eigenvalue weighted by Crippen LogP contribution is -2.11. The number of nitrogens with two attached hydrogens (primary N) is 1. The second-order valence-corrected chi connectivity index (χ2v) is 3.73. The summed E-state index contributed by atoms with van der Waals surface area (Å²) in [4.78, 5) is 7.84. The van der Waals surface area contributed by atoms with Crippen molar-refractivity contribution in [1.82, 2.24) is 9.97 Å². The number of aromatic amines is 1. The maximum absolute atomic E-state index is 5.55. The van der Waals surface area contributed by atoms with Crippen LogP contribution >= 0.6 is 0 Å². The first kappa shape index (κ1) is 8.75. The molecule has 0 aliphatic heterocycles. The van der Waals surface area contributed by atoms with E-state index in [1.54, 1.807) is 0 Å². The number of nitrogens with one attached hydrogen (secondary N) is 1. The zero-order valence-corrected chi connectivity index (χ0v) is 8.14. The lowest BCUT2D eigenvalue weighted by Gasteiger charge is -2.24. The first-order valence-electron chi connectivity index (χ1n) is 5.12. The summed E-state index contributed by atoms with van der Waals surface area (Å²) >= 11 is 0. The Balaban J connectivity index is 2.25. The normalized spacial score (nSPS) is 17.4. The highest BCUT2D eigenvalue weighted by Gasteiger charge is 2.24. The van der Waals surface area contributed by atoms with Gasteiger partial charge in [-0.25, -0.2) is 4.98 Å². The van der Waals surface area contributed by atoms with Gasteiger partial charge in [-0.05, 0) is 19.3 Å². The summed E-state index contributed by atoms with van der Waals surface area (Å²) in [5, 5.41) is 0. The minimum atomic E-state index is 0.528. The summed E-state index contributed by atoms with van der Waals surface area (Å²) in [5.41, 5.74) is 8.14. The molecule has 1 saturated carbocycles. The first-order chi connectivity index (χ1) is 6.35. The molecule has 0 atom stereocenters. The fourth-order valence-electron chi connectivity index (χ4n) is 1.86. The number of hydrogen-bond acceptors (Lipinski definition) is 2.